The Hall–Kier alpha value is -1.63. The fourth-order valence-electron chi connectivity index (χ4n) is 1.27. The number of nitrogens with zero attached hydrogens (tertiary/aromatic N) is 1. The molecule has 17 heavy (non-hydrogen) atoms. The highest BCUT2D eigenvalue weighted by molar-refractivity contribution is 7.13. The van der Waals surface area contributed by atoms with E-state index < -0.39 is 5.97 Å². The number of nitrogens with one attached hydrogen (secondary N) is 2. The molecule has 2 amide bonds. The van der Waals surface area contributed by atoms with Gasteiger partial charge < -0.3 is 10.4 Å². The van der Waals surface area contributed by atoms with Gasteiger partial charge in [-0.1, -0.05) is 13.3 Å². The maximum atomic E-state index is 11.4. The Morgan fingerprint density at radius 1 is 1.59 bits per heavy atom. The van der Waals surface area contributed by atoms with E-state index in [-0.39, 0.29) is 18.4 Å². The Morgan fingerprint density at radius 3 is 2.88 bits per heavy atom. The molecule has 1 unspecified atom stereocenters. The van der Waals surface area contributed by atoms with E-state index in [1.165, 1.54) is 11.3 Å². The van der Waals surface area contributed by atoms with Crippen molar-refractivity contribution in [3.8, 4) is 0 Å². The first-order chi connectivity index (χ1) is 8.11. The van der Waals surface area contributed by atoms with Crippen LogP contribution >= 0.6 is 11.3 Å². The smallest absolute Gasteiger partial charge is 0.321 e. The maximum absolute atomic E-state index is 11.4. The molecule has 6 nitrogen and oxygen atoms in total. The number of carboxylic acid groups (broad SMARTS) is 1. The molecule has 1 heterocycles. The predicted molar refractivity (Wildman–Crippen MR) is 65.2 cm³/mol. The van der Waals surface area contributed by atoms with Crippen LogP contribution < -0.4 is 10.6 Å². The lowest BCUT2D eigenvalue weighted by Crippen LogP contribution is -2.33. The highest BCUT2D eigenvalue weighted by atomic mass is 32.1. The highest BCUT2D eigenvalue weighted by Gasteiger charge is 2.12. The zero-order valence-electron chi connectivity index (χ0n) is 9.47. The van der Waals surface area contributed by atoms with Crippen LogP contribution in [-0.4, -0.2) is 28.6 Å². The molecule has 0 aliphatic carbocycles. The first-order valence-electron chi connectivity index (χ1n) is 5.28. The van der Waals surface area contributed by atoms with Crippen molar-refractivity contribution in [3.05, 3.63) is 11.6 Å². The summed E-state index contributed by atoms with van der Waals surface area (Å²) in [7, 11) is 0. The number of aliphatic carboxylic acids is 1. The second kappa shape index (κ2) is 6.85. The average molecular weight is 257 g/mol. The van der Waals surface area contributed by atoms with Crippen molar-refractivity contribution < 1.29 is 14.7 Å². The number of anilines is 1. The number of urea groups is 1. The van der Waals surface area contributed by atoms with Crippen LogP contribution in [0.5, 0.6) is 0 Å². The molecule has 1 rings (SSSR count). The number of carbonyl (C=O) groups excluding carboxylic acids is 1. The van der Waals surface area contributed by atoms with Gasteiger partial charge in [-0.25, -0.2) is 9.78 Å². The minimum Gasteiger partial charge on any atom is -0.481 e. The lowest BCUT2D eigenvalue weighted by molar-refractivity contribution is -0.138. The van der Waals surface area contributed by atoms with E-state index >= 15 is 0 Å². The van der Waals surface area contributed by atoms with Crippen molar-refractivity contribution in [1.82, 2.24) is 10.3 Å². The summed E-state index contributed by atoms with van der Waals surface area (Å²) in [6.45, 7) is 2.24. The van der Waals surface area contributed by atoms with E-state index in [1.54, 1.807) is 11.6 Å². The predicted octanol–water partition coefficient (Wildman–Crippen LogP) is 1.77. The van der Waals surface area contributed by atoms with Crippen LogP contribution in [0.15, 0.2) is 11.6 Å². The number of amides is 2. The number of hydrogen-bond acceptors (Lipinski definition) is 4. The number of carboxylic acids is 1. The first kappa shape index (κ1) is 13.4. The topological polar surface area (TPSA) is 91.3 Å². The summed E-state index contributed by atoms with van der Waals surface area (Å²) < 4.78 is 0. The molecule has 0 fully saturated rings. The summed E-state index contributed by atoms with van der Waals surface area (Å²) in [4.78, 5) is 25.9. The fraction of sp³-hybridized carbons (Fsp3) is 0.500. The fourth-order valence-corrected chi connectivity index (χ4v) is 1.80. The van der Waals surface area contributed by atoms with Gasteiger partial charge in [-0.3, -0.25) is 10.1 Å². The molecule has 0 saturated heterocycles. The van der Waals surface area contributed by atoms with Gasteiger partial charge in [0.05, 0.1) is 0 Å². The Balaban J connectivity index is 2.29. The SMILES string of the molecule is CCC(CNC(=O)Nc1nccs1)CC(=O)O. The van der Waals surface area contributed by atoms with Crippen molar-refractivity contribution in [1.29, 1.82) is 0 Å². The van der Waals surface area contributed by atoms with Gasteiger partial charge in [-0.05, 0) is 5.92 Å². The van der Waals surface area contributed by atoms with Crippen LogP contribution in [0.1, 0.15) is 19.8 Å². The van der Waals surface area contributed by atoms with Gasteiger partial charge in [0.2, 0.25) is 0 Å². The molecule has 0 spiro atoms. The van der Waals surface area contributed by atoms with Crippen molar-refractivity contribution >= 4 is 28.5 Å². The summed E-state index contributed by atoms with van der Waals surface area (Å²) in [5, 5.41) is 16.1. The van der Waals surface area contributed by atoms with Crippen molar-refractivity contribution in [2.45, 2.75) is 19.8 Å². The third-order valence-electron chi connectivity index (χ3n) is 2.24. The van der Waals surface area contributed by atoms with Gasteiger partial charge in [0.25, 0.3) is 0 Å². The van der Waals surface area contributed by atoms with Gasteiger partial charge in [-0.15, -0.1) is 11.3 Å². The zero-order chi connectivity index (χ0) is 12.7. The standard InChI is InChI=1S/C10H15N3O3S/c1-2-7(5-8(14)15)6-12-9(16)13-10-11-3-4-17-10/h3-4,7H,2,5-6H2,1H3,(H,14,15)(H2,11,12,13,16). The molecule has 1 aromatic heterocycles. The van der Waals surface area contributed by atoms with Crippen LogP contribution in [0.4, 0.5) is 9.93 Å². The molecule has 0 aliphatic heterocycles. The van der Waals surface area contributed by atoms with Gasteiger partial charge in [0.1, 0.15) is 0 Å². The van der Waals surface area contributed by atoms with E-state index in [1.807, 2.05) is 6.92 Å². The molecule has 7 heteroatoms. The molecule has 1 atom stereocenters. The number of carbonyl (C=O) groups is 2. The molecule has 94 valence electrons. The second-order valence-electron chi connectivity index (χ2n) is 3.54. The summed E-state index contributed by atoms with van der Waals surface area (Å²) >= 11 is 1.32. The molecule has 1 aromatic rings. The molecule has 0 aliphatic rings. The van der Waals surface area contributed by atoms with Crippen LogP contribution in [0, 0.1) is 5.92 Å². The monoisotopic (exact) mass is 257 g/mol. The first-order valence-corrected chi connectivity index (χ1v) is 6.16. The summed E-state index contributed by atoms with van der Waals surface area (Å²) in [6.07, 6.45) is 2.37. The maximum Gasteiger partial charge on any atom is 0.321 e. The van der Waals surface area contributed by atoms with Crippen LogP contribution in [0.2, 0.25) is 0 Å². The molecule has 0 aromatic carbocycles. The van der Waals surface area contributed by atoms with Crippen LogP contribution in [0.3, 0.4) is 0 Å². The quantitative estimate of drug-likeness (QED) is 0.724. The third-order valence-corrected chi connectivity index (χ3v) is 2.93. The Bertz CT molecular complexity index is 367. The van der Waals surface area contributed by atoms with E-state index in [4.69, 9.17) is 5.11 Å². The normalized spacial score (nSPS) is 11.8. The number of rotatable bonds is 6. The largest absolute Gasteiger partial charge is 0.481 e. The Labute approximate surface area is 103 Å². The summed E-state index contributed by atoms with van der Waals surface area (Å²) in [5.41, 5.74) is 0. The van der Waals surface area contributed by atoms with Crippen LogP contribution in [-0.2, 0) is 4.79 Å². The molecule has 0 bridgehead atoms. The third kappa shape index (κ3) is 5.30. The Morgan fingerprint density at radius 2 is 2.35 bits per heavy atom. The molecular formula is C10H15N3O3S. The van der Waals surface area contributed by atoms with Gasteiger partial charge in [0, 0.05) is 24.5 Å². The van der Waals surface area contributed by atoms with Gasteiger partial charge >= 0.3 is 12.0 Å². The second-order valence-corrected chi connectivity index (χ2v) is 4.44. The van der Waals surface area contributed by atoms with Gasteiger partial charge in [-0.2, -0.15) is 0 Å². The molecule has 0 radical (unpaired) electrons. The lowest BCUT2D eigenvalue weighted by Gasteiger charge is -2.13. The van der Waals surface area contributed by atoms with Gasteiger partial charge in [0.15, 0.2) is 5.13 Å². The van der Waals surface area contributed by atoms with Crippen molar-refractivity contribution in [3.63, 3.8) is 0 Å². The van der Waals surface area contributed by atoms with E-state index in [0.717, 1.165) is 0 Å². The van der Waals surface area contributed by atoms with Crippen LogP contribution in [0.25, 0.3) is 0 Å². The summed E-state index contributed by atoms with van der Waals surface area (Å²) in [6, 6.07) is -0.358. The highest BCUT2D eigenvalue weighted by Crippen LogP contribution is 2.10. The molecular weight excluding hydrogens is 242 g/mol. The molecule has 3 N–H and O–H groups in total. The van der Waals surface area contributed by atoms with E-state index in [2.05, 4.69) is 15.6 Å². The Kier molecular flexibility index (Phi) is 5.41. The summed E-state index contributed by atoms with van der Waals surface area (Å²) in [5.74, 6) is -0.895. The average Bonchev–Trinajstić information content (AvgIpc) is 2.76. The zero-order valence-corrected chi connectivity index (χ0v) is 10.3. The van der Waals surface area contributed by atoms with E-state index in [9.17, 15) is 9.59 Å². The van der Waals surface area contributed by atoms with Crippen molar-refractivity contribution in [2.24, 2.45) is 5.92 Å². The number of thiazole rings is 1. The number of aromatic nitrogens is 1. The van der Waals surface area contributed by atoms with E-state index in [0.29, 0.717) is 18.1 Å². The number of hydrogen-bond donors (Lipinski definition) is 3. The lowest BCUT2D eigenvalue weighted by atomic mass is 10.0. The molecule has 0 saturated carbocycles. The minimum atomic E-state index is -0.848. The van der Waals surface area contributed by atoms with Crippen molar-refractivity contribution in [2.75, 3.05) is 11.9 Å². The minimum absolute atomic E-state index is 0.0467.